The lowest BCUT2D eigenvalue weighted by molar-refractivity contribution is 0.0955. The van der Waals surface area contributed by atoms with Gasteiger partial charge in [0.15, 0.2) is 0 Å². The normalized spacial score (nSPS) is 13.3. The molecule has 0 bridgehead atoms. The SMILES string of the molecule is CCC.CCNC(=O)c1cccc(/C=C/Cn2cc(C)cc2C(=O)c2ccc(OC3CCCC3)cc2)c1. The molecule has 1 amide bonds. The average Bonchev–Trinajstić information content (AvgIpc) is 3.54. The highest BCUT2D eigenvalue weighted by molar-refractivity contribution is 6.08. The minimum Gasteiger partial charge on any atom is -0.490 e. The second-order valence-electron chi connectivity index (χ2n) is 9.53. The maximum absolute atomic E-state index is 13.2. The molecule has 1 saturated carbocycles. The van der Waals surface area contributed by atoms with Crippen molar-refractivity contribution in [1.82, 2.24) is 9.88 Å². The Morgan fingerprint density at radius 1 is 1.00 bits per heavy atom. The van der Waals surface area contributed by atoms with Crippen LogP contribution in [0.3, 0.4) is 0 Å². The number of nitrogens with zero attached hydrogens (tertiary/aromatic N) is 1. The molecule has 0 aliphatic heterocycles. The minimum atomic E-state index is -0.0775. The molecule has 0 spiro atoms. The van der Waals surface area contributed by atoms with E-state index in [2.05, 4.69) is 19.2 Å². The van der Waals surface area contributed by atoms with Crippen molar-refractivity contribution in [2.24, 2.45) is 0 Å². The minimum absolute atomic E-state index is 0.00727. The van der Waals surface area contributed by atoms with Crippen molar-refractivity contribution in [3.8, 4) is 5.75 Å². The fraction of sp³-hybridized carbons (Fsp3) is 0.375. The molecule has 0 atom stereocenters. The summed E-state index contributed by atoms with van der Waals surface area (Å²) < 4.78 is 7.99. The molecular weight excluding hydrogens is 460 g/mol. The van der Waals surface area contributed by atoms with Gasteiger partial charge in [-0.25, -0.2) is 0 Å². The van der Waals surface area contributed by atoms with Gasteiger partial charge in [0.2, 0.25) is 5.78 Å². The van der Waals surface area contributed by atoms with Crippen LogP contribution in [0.5, 0.6) is 5.75 Å². The predicted octanol–water partition coefficient (Wildman–Crippen LogP) is 7.23. The number of hydrogen-bond donors (Lipinski definition) is 1. The van der Waals surface area contributed by atoms with E-state index in [1.165, 1.54) is 19.3 Å². The molecule has 5 nitrogen and oxygen atoms in total. The van der Waals surface area contributed by atoms with Gasteiger partial charge >= 0.3 is 0 Å². The summed E-state index contributed by atoms with van der Waals surface area (Å²) in [6.07, 6.45) is 12.2. The van der Waals surface area contributed by atoms with E-state index in [1.807, 2.05) is 85.3 Å². The summed E-state index contributed by atoms with van der Waals surface area (Å²) in [5.74, 6) is 0.742. The van der Waals surface area contributed by atoms with Gasteiger partial charge in [-0.15, -0.1) is 0 Å². The van der Waals surface area contributed by atoms with Gasteiger partial charge in [0.05, 0.1) is 11.8 Å². The van der Waals surface area contributed by atoms with Crippen LogP contribution in [0.4, 0.5) is 0 Å². The Kier molecular flexibility index (Phi) is 10.8. The van der Waals surface area contributed by atoms with Crippen molar-refractivity contribution < 1.29 is 14.3 Å². The number of aryl methyl sites for hydroxylation is 1. The molecular formula is C32H40N2O3. The Labute approximate surface area is 221 Å². The van der Waals surface area contributed by atoms with Crippen molar-refractivity contribution in [1.29, 1.82) is 0 Å². The third kappa shape index (κ3) is 8.21. The first-order valence-electron chi connectivity index (χ1n) is 13.5. The number of benzene rings is 2. The van der Waals surface area contributed by atoms with Gasteiger partial charge in [-0.3, -0.25) is 9.59 Å². The van der Waals surface area contributed by atoms with Gasteiger partial charge in [-0.1, -0.05) is 44.6 Å². The van der Waals surface area contributed by atoms with E-state index in [0.717, 1.165) is 29.7 Å². The highest BCUT2D eigenvalue weighted by Gasteiger charge is 2.18. The number of amides is 1. The first kappa shape index (κ1) is 28.0. The van der Waals surface area contributed by atoms with Crippen molar-refractivity contribution in [2.75, 3.05) is 6.54 Å². The predicted molar refractivity (Wildman–Crippen MR) is 151 cm³/mol. The largest absolute Gasteiger partial charge is 0.490 e. The first-order chi connectivity index (χ1) is 17.9. The van der Waals surface area contributed by atoms with Crippen LogP contribution >= 0.6 is 0 Å². The van der Waals surface area contributed by atoms with Crippen LogP contribution < -0.4 is 10.1 Å². The van der Waals surface area contributed by atoms with Crippen LogP contribution in [-0.4, -0.2) is 28.9 Å². The lowest BCUT2D eigenvalue weighted by Gasteiger charge is -2.13. The third-order valence-corrected chi connectivity index (χ3v) is 6.09. The van der Waals surface area contributed by atoms with Crippen LogP contribution in [0.2, 0.25) is 0 Å². The van der Waals surface area contributed by atoms with E-state index >= 15 is 0 Å². The number of carbonyl (C=O) groups excluding carboxylic acids is 2. The fourth-order valence-corrected chi connectivity index (χ4v) is 4.38. The number of carbonyl (C=O) groups is 2. The van der Waals surface area contributed by atoms with Crippen molar-refractivity contribution >= 4 is 17.8 Å². The molecule has 1 N–H and O–H groups in total. The van der Waals surface area contributed by atoms with Gasteiger partial charge < -0.3 is 14.6 Å². The van der Waals surface area contributed by atoms with Crippen LogP contribution in [0.1, 0.15) is 90.4 Å². The van der Waals surface area contributed by atoms with Crippen LogP contribution in [0, 0.1) is 6.92 Å². The zero-order valence-electron chi connectivity index (χ0n) is 22.6. The Hall–Kier alpha value is -3.60. The molecule has 196 valence electrons. The maximum atomic E-state index is 13.2. The van der Waals surface area contributed by atoms with Crippen molar-refractivity contribution in [3.63, 3.8) is 0 Å². The molecule has 1 aliphatic rings. The Bertz CT molecular complexity index is 1180. The first-order valence-corrected chi connectivity index (χ1v) is 13.5. The summed E-state index contributed by atoms with van der Waals surface area (Å²) in [5.41, 5.74) is 3.92. The Morgan fingerprint density at radius 2 is 1.70 bits per heavy atom. The number of allylic oxidation sites excluding steroid dienone is 1. The van der Waals surface area contributed by atoms with E-state index in [9.17, 15) is 9.59 Å². The van der Waals surface area contributed by atoms with E-state index < -0.39 is 0 Å². The molecule has 1 fully saturated rings. The van der Waals surface area contributed by atoms with Gasteiger partial charge in [-0.05, 0) is 93.1 Å². The second-order valence-corrected chi connectivity index (χ2v) is 9.53. The average molecular weight is 501 g/mol. The fourth-order valence-electron chi connectivity index (χ4n) is 4.38. The summed E-state index contributed by atoms with van der Waals surface area (Å²) in [4.78, 5) is 25.3. The van der Waals surface area contributed by atoms with Crippen LogP contribution in [0.15, 0.2) is 66.9 Å². The summed E-state index contributed by atoms with van der Waals surface area (Å²) in [6.45, 7) is 9.30. The quantitative estimate of drug-likeness (QED) is 0.315. The number of ether oxygens (including phenoxy) is 1. The molecule has 1 aromatic heterocycles. The van der Waals surface area contributed by atoms with Gasteiger partial charge in [-0.2, -0.15) is 0 Å². The molecule has 0 unspecified atom stereocenters. The summed E-state index contributed by atoms with van der Waals surface area (Å²) in [5, 5.41) is 2.82. The molecule has 37 heavy (non-hydrogen) atoms. The van der Waals surface area contributed by atoms with Crippen LogP contribution in [0.25, 0.3) is 6.08 Å². The maximum Gasteiger partial charge on any atom is 0.251 e. The van der Waals surface area contributed by atoms with E-state index in [1.54, 1.807) is 6.07 Å². The van der Waals surface area contributed by atoms with Gasteiger partial charge in [0, 0.05) is 30.4 Å². The number of aromatic nitrogens is 1. The number of ketones is 1. The van der Waals surface area contributed by atoms with Crippen LogP contribution in [-0.2, 0) is 6.54 Å². The molecule has 0 radical (unpaired) electrons. The molecule has 4 rings (SSSR count). The monoisotopic (exact) mass is 500 g/mol. The third-order valence-electron chi connectivity index (χ3n) is 6.09. The van der Waals surface area contributed by atoms with Crippen molar-refractivity contribution in [3.05, 3.63) is 94.8 Å². The van der Waals surface area contributed by atoms with E-state index in [4.69, 9.17) is 4.74 Å². The zero-order valence-corrected chi connectivity index (χ0v) is 22.6. The number of rotatable bonds is 9. The lowest BCUT2D eigenvalue weighted by atomic mass is 10.1. The lowest BCUT2D eigenvalue weighted by Crippen LogP contribution is -2.22. The smallest absolute Gasteiger partial charge is 0.251 e. The van der Waals surface area contributed by atoms with Gasteiger partial charge in [0.1, 0.15) is 5.75 Å². The molecule has 2 aromatic carbocycles. The molecule has 1 aliphatic carbocycles. The van der Waals surface area contributed by atoms with E-state index in [-0.39, 0.29) is 11.7 Å². The zero-order chi connectivity index (χ0) is 26.6. The highest BCUT2D eigenvalue weighted by atomic mass is 16.5. The molecule has 0 saturated heterocycles. The summed E-state index contributed by atoms with van der Waals surface area (Å²) in [7, 11) is 0. The number of hydrogen-bond acceptors (Lipinski definition) is 3. The molecule has 1 heterocycles. The Morgan fingerprint density at radius 3 is 2.38 bits per heavy atom. The van der Waals surface area contributed by atoms with Gasteiger partial charge in [0.25, 0.3) is 5.91 Å². The standard InChI is InChI=1S/C29H32N2O3.C3H8/c1-3-30-29(33)24-10-6-8-22(19-24)9-7-17-31-20-21(2)18-27(31)28(32)23-13-15-26(16-14-23)34-25-11-4-5-12-25;1-3-2/h6-10,13-16,18-20,25H,3-5,11-12,17H2,1-2H3,(H,30,33);3H2,1-2H3/b9-7+;. The molecule has 3 aromatic rings. The number of nitrogens with one attached hydrogen (secondary N) is 1. The van der Waals surface area contributed by atoms with Crippen molar-refractivity contribution in [2.45, 2.75) is 72.4 Å². The topological polar surface area (TPSA) is 60.3 Å². The Balaban J connectivity index is 0.00000121. The van der Waals surface area contributed by atoms with E-state index in [0.29, 0.717) is 36.0 Å². The highest BCUT2D eigenvalue weighted by Crippen LogP contribution is 2.25. The molecule has 5 heteroatoms. The second kappa shape index (κ2) is 14.2. The summed E-state index contributed by atoms with van der Waals surface area (Å²) in [6, 6.07) is 16.9. The summed E-state index contributed by atoms with van der Waals surface area (Å²) >= 11 is 0.